The number of nitrogens with zero attached hydrogens (tertiary/aromatic N) is 1. The highest BCUT2D eigenvalue weighted by Crippen LogP contribution is 2.32. The lowest BCUT2D eigenvalue weighted by atomic mass is 10.1. The molecule has 1 atom stereocenters. The minimum atomic E-state index is -0.282. The van der Waals surface area contributed by atoms with Gasteiger partial charge < -0.3 is 14.8 Å². The van der Waals surface area contributed by atoms with E-state index in [9.17, 15) is 0 Å². The summed E-state index contributed by atoms with van der Waals surface area (Å²) in [6.07, 6.45) is -0.282. The lowest BCUT2D eigenvalue weighted by Gasteiger charge is -2.21. The third-order valence-electron chi connectivity index (χ3n) is 4.38. The van der Waals surface area contributed by atoms with Crippen molar-refractivity contribution in [1.29, 1.82) is 0 Å². The van der Waals surface area contributed by atoms with Crippen molar-refractivity contribution in [2.24, 2.45) is 4.99 Å². The van der Waals surface area contributed by atoms with Gasteiger partial charge in [-0.3, -0.25) is 4.99 Å². The summed E-state index contributed by atoms with van der Waals surface area (Å²) in [6, 6.07) is 28.0. The van der Waals surface area contributed by atoms with E-state index in [1.165, 1.54) is 0 Å². The normalized spacial score (nSPS) is 14.1. The molecule has 136 valence electrons. The van der Waals surface area contributed by atoms with Gasteiger partial charge in [-0.2, -0.15) is 0 Å². The summed E-state index contributed by atoms with van der Waals surface area (Å²) in [6.45, 7) is 2.11. The van der Waals surface area contributed by atoms with Crippen molar-refractivity contribution in [3.05, 3.63) is 96.1 Å². The van der Waals surface area contributed by atoms with E-state index < -0.39 is 0 Å². The number of para-hydroxylation sites is 2. The number of hydrogen-bond donors (Lipinski definition) is 1. The highest BCUT2D eigenvalue weighted by Gasteiger charge is 2.23. The first kappa shape index (κ1) is 17.2. The summed E-state index contributed by atoms with van der Waals surface area (Å²) >= 11 is 0. The van der Waals surface area contributed by atoms with Crippen LogP contribution in [0.1, 0.15) is 17.2 Å². The third-order valence-corrected chi connectivity index (χ3v) is 4.38. The Bertz CT molecular complexity index is 895. The van der Waals surface area contributed by atoms with Gasteiger partial charge in [0.1, 0.15) is 12.4 Å². The molecule has 0 spiro atoms. The molecule has 4 heteroatoms. The Morgan fingerprint density at radius 3 is 2.19 bits per heavy atom. The van der Waals surface area contributed by atoms with Gasteiger partial charge in [0.15, 0.2) is 17.6 Å². The van der Waals surface area contributed by atoms with Crippen molar-refractivity contribution in [1.82, 2.24) is 5.32 Å². The van der Waals surface area contributed by atoms with Crippen LogP contribution in [0.2, 0.25) is 0 Å². The summed E-state index contributed by atoms with van der Waals surface area (Å²) in [4.78, 5) is 4.57. The van der Waals surface area contributed by atoms with Crippen LogP contribution in [0, 0.1) is 0 Å². The van der Waals surface area contributed by atoms with Crippen molar-refractivity contribution in [3.8, 4) is 11.5 Å². The van der Waals surface area contributed by atoms with Crippen LogP contribution in [-0.4, -0.2) is 18.9 Å². The summed E-state index contributed by atoms with van der Waals surface area (Å²) in [7, 11) is 0. The highest BCUT2D eigenvalue weighted by atomic mass is 16.5. The van der Waals surface area contributed by atoms with E-state index in [1.54, 1.807) is 0 Å². The summed E-state index contributed by atoms with van der Waals surface area (Å²) < 4.78 is 12.4. The minimum absolute atomic E-state index is 0.282. The molecule has 3 aromatic rings. The number of hydrogen-bond acceptors (Lipinski definition) is 4. The fourth-order valence-corrected chi connectivity index (χ4v) is 3.03. The molecule has 0 saturated heterocycles. The molecule has 0 saturated carbocycles. The number of amidine groups is 1. The molecule has 4 rings (SSSR count). The fourth-order valence-electron chi connectivity index (χ4n) is 3.03. The lowest BCUT2D eigenvalue weighted by molar-refractivity contribution is 0.237. The van der Waals surface area contributed by atoms with Crippen LogP contribution in [0.25, 0.3) is 0 Å². The van der Waals surface area contributed by atoms with E-state index in [4.69, 9.17) is 9.47 Å². The van der Waals surface area contributed by atoms with Crippen LogP contribution in [-0.2, 0) is 6.61 Å². The SMILES string of the molecule is c1ccc(COc2ccccc2OC(C2=NCCN2)c2ccccc2)cc1. The van der Waals surface area contributed by atoms with Crippen LogP contribution in [0.5, 0.6) is 11.5 Å². The second-order valence-corrected chi connectivity index (χ2v) is 6.32. The molecule has 0 fully saturated rings. The number of nitrogens with one attached hydrogen (secondary N) is 1. The van der Waals surface area contributed by atoms with Crippen molar-refractivity contribution in [2.75, 3.05) is 13.1 Å². The zero-order valence-corrected chi connectivity index (χ0v) is 15.0. The monoisotopic (exact) mass is 358 g/mol. The van der Waals surface area contributed by atoms with Crippen LogP contribution in [0.3, 0.4) is 0 Å². The average Bonchev–Trinajstić information content (AvgIpc) is 3.27. The first-order chi connectivity index (χ1) is 13.4. The van der Waals surface area contributed by atoms with Gasteiger partial charge in [0.05, 0.1) is 6.54 Å². The number of aliphatic imine (C=N–C) groups is 1. The molecule has 0 aromatic heterocycles. The smallest absolute Gasteiger partial charge is 0.180 e. The van der Waals surface area contributed by atoms with Gasteiger partial charge in [-0.1, -0.05) is 72.8 Å². The van der Waals surface area contributed by atoms with Crippen LogP contribution < -0.4 is 14.8 Å². The maximum Gasteiger partial charge on any atom is 0.180 e. The average molecular weight is 358 g/mol. The van der Waals surface area contributed by atoms with Gasteiger partial charge in [-0.05, 0) is 23.3 Å². The highest BCUT2D eigenvalue weighted by molar-refractivity contribution is 5.89. The molecule has 1 aliphatic heterocycles. The molecule has 1 aliphatic rings. The van der Waals surface area contributed by atoms with Crippen LogP contribution in [0.15, 0.2) is 89.9 Å². The first-order valence-electron chi connectivity index (χ1n) is 9.16. The standard InChI is InChI=1S/C23H22N2O2/c1-3-9-18(10-4-1)17-26-20-13-7-8-14-21(20)27-22(23-24-15-16-25-23)19-11-5-2-6-12-19/h1-14,22H,15-17H2,(H,24,25). The predicted molar refractivity (Wildman–Crippen MR) is 107 cm³/mol. The van der Waals surface area contributed by atoms with Gasteiger partial charge in [-0.25, -0.2) is 0 Å². The summed E-state index contributed by atoms with van der Waals surface area (Å²) in [5.74, 6) is 2.29. The molecule has 1 N–H and O–H groups in total. The maximum atomic E-state index is 6.39. The Kier molecular flexibility index (Phi) is 5.34. The lowest BCUT2D eigenvalue weighted by Crippen LogP contribution is -2.29. The third kappa shape index (κ3) is 4.29. The Hall–Kier alpha value is -3.27. The first-order valence-corrected chi connectivity index (χ1v) is 9.16. The molecule has 0 bridgehead atoms. The fraction of sp³-hybridized carbons (Fsp3) is 0.174. The van der Waals surface area contributed by atoms with Crippen molar-refractivity contribution in [3.63, 3.8) is 0 Å². The minimum Gasteiger partial charge on any atom is -0.485 e. The molecular formula is C23H22N2O2. The van der Waals surface area contributed by atoms with E-state index in [0.717, 1.165) is 35.8 Å². The van der Waals surface area contributed by atoms with Crippen molar-refractivity contribution < 1.29 is 9.47 Å². The molecule has 0 radical (unpaired) electrons. The molecule has 1 heterocycles. The number of benzene rings is 3. The Balaban J connectivity index is 1.56. The quantitative estimate of drug-likeness (QED) is 0.681. The van der Waals surface area contributed by atoms with Gasteiger partial charge in [0, 0.05) is 6.54 Å². The van der Waals surface area contributed by atoms with Gasteiger partial charge in [0.25, 0.3) is 0 Å². The van der Waals surface area contributed by atoms with Crippen molar-refractivity contribution in [2.45, 2.75) is 12.7 Å². The molecule has 0 aliphatic carbocycles. The second-order valence-electron chi connectivity index (χ2n) is 6.32. The van der Waals surface area contributed by atoms with E-state index in [-0.39, 0.29) is 6.10 Å². The molecule has 1 unspecified atom stereocenters. The molecule has 0 amide bonds. The number of rotatable bonds is 7. The Labute approximate surface area is 159 Å². The van der Waals surface area contributed by atoms with Gasteiger partial charge in [0.2, 0.25) is 0 Å². The molecule has 3 aromatic carbocycles. The number of ether oxygens (including phenoxy) is 2. The second kappa shape index (κ2) is 8.41. The van der Waals surface area contributed by atoms with Crippen LogP contribution >= 0.6 is 0 Å². The molecular weight excluding hydrogens is 336 g/mol. The topological polar surface area (TPSA) is 42.9 Å². The Morgan fingerprint density at radius 1 is 0.815 bits per heavy atom. The van der Waals surface area contributed by atoms with Gasteiger partial charge >= 0.3 is 0 Å². The molecule has 27 heavy (non-hydrogen) atoms. The predicted octanol–water partition coefficient (Wildman–Crippen LogP) is 4.39. The Morgan fingerprint density at radius 2 is 1.48 bits per heavy atom. The molecule has 4 nitrogen and oxygen atoms in total. The summed E-state index contributed by atoms with van der Waals surface area (Å²) in [5.41, 5.74) is 2.18. The van der Waals surface area contributed by atoms with Crippen LogP contribution in [0.4, 0.5) is 0 Å². The largest absolute Gasteiger partial charge is 0.485 e. The van der Waals surface area contributed by atoms with E-state index in [2.05, 4.69) is 22.4 Å². The van der Waals surface area contributed by atoms with E-state index in [1.807, 2.05) is 72.8 Å². The summed E-state index contributed by atoms with van der Waals surface area (Å²) in [5, 5.41) is 3.34. The van der Waals surface area contributed by atoms with Gasteiger partial charge in [-0.15, -0.1) is 0 Å². The zero-order valence-electron chi connectivity index (χ0n) is 15.0. The maximum absolute atomic E-state index is 6.39. The van der Waals surface area contributed by atoms with E-state index >= 15 is 0 Å². The van der Waals surface area contributed by atoms with Crippen molar-refractivity contribution >= 4 is 5.84 Å². The van der Waals surface area contributed by atoms with E-state index in [0.29, 0.717) is 12.4 Å². The zero-order chi connectivity index (χ0) is 18.3.